The number of alkyl halides is 2. The Morgan fingerprint density at radius 2 is 2.29 bits per heavy atom. The fourth-order valence-corrected chi connectivity index (χ4v) is 1.61. The van der Waals surface area contributed by atoms with Gasteiger partial charge in [0, 0.05) is 15.3 Å². The molecule has 0 aliphatic carbocycles. The van der Waals surface area contributed by atoms with Crippen LogP contribution in [0.2, 0.25) is 0 Å². The number of nitrogens with zero attached hydrogens (tertiary/aromatic N) is 2. The molecule has 0 atom stereocenters. The van der Waals surface area contributed by atoms with Crippen molar-refractivity contribution in [1.82, 2.24) is 4.98 Å². The van der Waals surface area contributed by atoms with Crippen LogP contribution in [0.4, 0.5) is 14.5 Å². The summed E-state index contributed by atoms with van der Waals surface area (Å²) >= 11 is 1.91. The van der Waals surface area contributed by atoms with Gasteiger partial charge in [-0.3, -0.25) is 4.98 Å². The molecule has 74 valence electrons. The Morgan fingerprint density at radius 1 is 1.64 bits per heavy atom. The average Bonchev–Trinajstić information content (AvgIpc) is 2.11. The van der Waals surface area contributed by atoms with Gasteiger partial charge < -0.3 is 5.73 Å². The van der Waals surface area contributed by atoms with E-state index in [1.54, 1.807) is 0 Å². The summed E-state index contributed by atoms with van der Waals surface area (Å²) in [5, 5.41) is 8.48. The van der Waals surface area contributed by atoms with Crippen molar-refractivity contribution in [2.75, 3.05) is 5.73 Å². The van der Waals surface area contributed by atoms with Crippen molar-refractivity contribution in [3.05, 3.63) is 21.0 Å². The summed E-state index contributed by atoms with van der Waals surface area (Å²) in [5.74, 6) is 0. The molecule has 1 aromatic rings. The zero-order valence-electron chi connectivity index (χ0n) is 6.97. The molecule has 0 aliphatic heterocycles. The van der Waals surface area contributed by atoms with Crippen LogP contribution in [0.15, 0.2) is 6.20 Å². The highest BCUT2D eigenvalue weighted by Crippen LogP contribution is 2.28. The van der Waals surface area contributed by atoms with E-state index in [1.807, 2.05) is 28.7 Å². The van der Waals surface area contributed by atoms with Crippen molar-refractivity contribution in [1.29, 1.82) is 5.26 Å². The third-order valence-electron chi connectivity index (χ3n) is 1.67. The van der Waals surface area contributed by atoms with Crippen molar-refractivity contribution in [3.63, 3.8) is 0 Å². The van der Waals surface area contributed by atoms with Gasteiger partial charge in [-0.25, -0.2) is 8.78 Å². The summed E-state index contributed by atoms with van der Waals surface area (Å²) in [4.78, 5) is 3.53. The van der Waals surface area contributed by atoms with E-state index < -0.39 is 12.1 Å². The first-order chi connectivity index (χ1) is 6.57. The van der Waals surface area contributed by atoms with Gasteiger partial charge in [-0.15, -0.1) is 0 Å². The van der Waals surface area contributed by atoms with Gasteiger partial charge in [-0.1, -0.05) is 0 Å². The molecular weight excluding hydrogens is 303 g/mol. The molecule has 0 aliphatic rings. The number of hydrogen-bond donors (Lipinski definition) is 1. The second-order valence-corrected chi connectivity index (χ2v) is 3.68. The fraction of sp³-hybridized carbons (Fsp3) is 0.250. The lowest BCUT2D eigenvalue weighted by Gasteiger charge is -2.08. The normalized spacial score (nSPS) is 10.2. The maximum Gasteiger partial charge on any atom is 0.282 e. The quantitative estimate of drug-likeness (QED) is 0.853. The second-order valence-electron chi connectivity index (χ2n) is 2.52. The van der Waals surface area contributed by atoms with E-state index >= 15 is 0 Å². The lowest BCUT2D eigenvalue weighted by molar-refractivity contribution is 0.147. The van der Waals surface area contributed by atoms with Crippen LogP contribution < -0.4 is 5.73 Å². The first kappa shape index (κ1) is 11.1. The Hall–Kier alpha value is -0.970. The molecule has 14 heavy (non-hydrogen) atoms. The minimum absolute atomic E-state index is 0.0202. The second kappa shape index (κ2) is 4.50. The number of nitrogen functional groups attached to an aromatic ring is 1. The monoisotopic (exact) mass is 309 g/mol. The number of hydrogen-bond acceptors (Lipinski definition) is 3. The molecule has 0 bridgehead atoms. The molecule has 0 spiro atoms. The zero-order chi connectivity index (χ0) is 10.7. The first-order valence-electron chi connectivity index (χ1n) is 3.65. The highest BCUT2D eigenvalue weighted by molar-refractivity contribution is 14.1. The standard InChI is InChI=1S/C8H6F2IN3/c9-8(10)7-6(13)4(1-2-12)5(11)3-14-7/h3,8H,1,13H2. The Morgan fingerprint density at radius 3 is 2.79 bits per heavy atom. The predicted molar refractivity (Wildman–Crippen MR) is 55.6 cm³/mol. The van der Waals surface area contributed by atoms with Crippen molar-refractivity contribution in [2.24, 2.45) is 0 Å². The van der Waals surface area contributed by atoms with E-state index in [9.17, 15) is 8.78 Å². The fourth-order valence-electron chi connectivity index (χ4n) is 0.990. The van der Waals surface area contributed by atoms with Crippen molar-refractivity contribution in [3.8, 4) is 6.07 Å². The number of anilines is 1. The minimum atomic E-state index is -2.70. The van der Waals surface area contributed by atoms with Crippen LogP contribution in [0.25, 0.3) is 0 Å². The minimum Gasteiger partial charge on any atom is -0.397 e. The third kappa shape index (κ3) is 2.09. The molecule has 2 N–H and O–H groups in total. The lowest BCUT2D eigenvalue weighted by atomic mass is 10.1. The molecule has 0 amide bonds. The molecule has 3 nitrogen and oxygen atoms in total. The molecular formula is C8H6F2IN3. The van der Waals surface area contributed by atoms with Crippen LogP contribution in [-0.2, 0) is 6.42 Å². The molecule has 6 heteroatoms. The highest BCUT2D eigenvalue weighted by atomic mass is 127. The number of nitrogens with two attached hydrogens (primary N) is 1. The van der Waals surface area contributed by atoms with E-state index in [1.165, 1.54) is 6.20 Å². The van der Waals surface area contributed by atoms with Crippen LogP contribution in [0.3, 0.4) is 0 Å². The van der Waals surface area contributed by atoms with Crippen LogP contribution in [0, 0.1) is 14.9 Å². The molecule has 0 aromatic carbocycles. The molecule has 1 aromatic heterocycles. The molecule has 1 rings (SSSR count). The summed E-state index contributed by atoms with van der Waals surface area (Å²) in [6.45, 7) is 0. The van der Waals surface area contributed by atoms with Gasteiger partial charge in [0.2, 0.25) is 0 Å². The van der Waals surface area contributed by atoms with E-state index in [0.29, 0.717) is 9.13 Å². The van der Waals surface area contributed by atoms with Crippen molar-refractivity contribution < 1.29 is 8.78 Å². The lowest BCUT2D eigenvalue weighted by Crippen LogP contribution is -2.05. The summed E-state index contributed by atoms with van der Waals surface area (Å²) in [7, 11) is 0. The van der Waals surface area contributed by atoms with E-state index in [-0.39, 0.29) is 12.1 Å². The molecule has 0 radical (unpaired) electrons. The van der Waals surface area contributed by atoms with Crippen LogP contribution >= 0.6 is 22.6 Å². The van der Waals surface area contributed by atoms with Gasteiger partial charge in [-0.2, -0.15) is 5.26 Å². The number of aromatic nitrogens is 1. The van der Waals surface area contributed by atoms with Crippen molar-refractivity contribution >= 4 is 28.3 Å². The zero-order valence-corrected chi connectivity index (χ0v) is 9.12. The molecule has 0 saturated heterocycles. The summed E-state index contributed by atoms with van der Waals surface area (Å²) in [6, 6.07) is 1.87. The van der Waals surface area contributed by atoms with Gasteiger partial charge in [-0.05, 0) is 22.6 Å². The van der Waals surface area contributed by atoms with Crippen LogP contribution in [0.5, 0.6) is 0 Å². The smallest absolute Gasteiger partial charge is 0.282 e. The molecule has 0 fully saturated rings. The maximum atomic E-state index is 12.4. The van der Waals surface area contributed by atoms with Crippen molar-refractivity contribution in [2.45, 2.75) is 12.8 Å². The third-order valence-corrected chi connectivity index (χ3v) is 2.60. The highest BCUT2D eigenvalue weighted by Gasteiger charge is 2.17. The number of rotatable bonds is 2. The number of halogens is 3. The molecule has 0 saturated carbocycles. The van der Waals surface area contributed by atoms with Gasteiger partial charge >= 0.3 is 0 Å². The van der Waals surface area contributed by atoms with Gasteiger partial charge in [0.25, 0.3) is 6.43 Å². The Kier molecular flexibility index (Phi) is 3.57. The van der Waals surface area contributed by atoms with E-state index in [4.69, 9.17) is 11.0 Å². The Labute approximate surface area is 93.1 Å². The number of pyridine rings is 1. The van der Waals surface area contributed by atoms with Gasteiger partial charge in [0.1, 0.15) is 5.69 Å². The van der Waals surface area contributed by atoms with Crippen LogP contribution in [0.1, 0.15) is 17.7 Å². The summed E-state index contributed by atoms with van der Waals surface area (Å²) < 4.78 is 25.3. The predicted octanol–water partition coefficient (Wildman–Crippen LogP) is 2.27. The first-order valence-corrected chi connectivity index (χ1v) is 4.73. The van der Waals surface area contributed by atoms with Gasteiger partial charge in [0.15, 0.2) is 0 Å². The topological polar surface area (TPSA) is 62.7 Å². The molecule has 1 heterocycles. The summed E-state index contributed by atoms with van der Waals surface area (Å²) in [6.07, 6.45) is -1.39. The number of nitriles is 1. The van der Waals surface area contributed by atoms with E-state index in [2.05, 4.69) is 4.98 Å². The van der Waals surface area contributed by atoms with E-state index in [0.717, 1.165) is 0 Å². The maximum absolute atomic E-state index is 12.4. The summed E-state index contributed by atoms with van der Waals surface area (Å²) in [5.41, 5.74) is 5.38. The SMILES string of the molecule is N#CCc1c(I)cnc(C(F)F)c1N. The average molecular weight is 309 g/mol. The Bertz CT molecular complexity index is 387. The van der Waals surface area contributed by atoms with Gasteiger partial charge in [0.05, 0.1) is 18.2 Å². The Balaban J connectivity index is 3.27. The molecule has 0 unspecified atom stereocenters. The van der Waals surface area contributed by atoms with Crippen LogP contribution in [-0.4, -0.2) is 4.98 Å². The largest absolute Gasteiger partial charge is 0.397 e.